The van der Waals surface area contributed by atoms with Gasteiger partial charge < -0.3 is 9.80 Å². The molecule has 0 spiro atoms. The van der Waals surface area contributed by atoms with Gasteiger partial charge in [-0.3, -0.25) is 9.78 Å². The lowest BCUT2D eigenvalue weighted by atomic mass is 9.89. The van der Waals surface area contributed by atoms with Crippen LogP contribution in [0.3, 0.4) is 0 Å². The molecule has 1 unspecified atom stereocenters. The summed E-state index contributed by atoms with van der Waals surface area (Å²) in [6.07, 6.45) is 7.38. The SMILES string of the molecule is C=C1C=C(c2ccncc2)N=C(N2CCCC(C(=O)c3ccc4ccccc4c3)C2)N1C. The Hall–Kier alpha value is -3.73. The number of likely N-dealkylation sites (N-methyl/N-ethyl adjacent to an activating group) is 1. The van der Waals surface area contributed by atoms with E-state index in [-0.39, 0.29) is 11.7 Å². The second-order valence-corrected chi connectivity index (χ2v) is 8.44. The Balaban J connectivity index is 1.40. The minimum atomic E-state index is -0.0513. The van der Waals surface area contributed by atoms with Gasteiger partial charge in [0.2, 0.25) is 5.96 Å². The van der Waals surface area contributed by atoms with E-state index in [4.69, 9.17) is 4.99 Å². The fourth-order valence-corrected chi connectivity index (χ4v) is 4.50. The number of guanidine groups is 1. The number of allylic oxidation sites excluding steroid dienone is 1. The molecule has 5 nitrogen and oxygen atoms in total. The van der Waals surface area contributed by atoms with E-state index in [9.17, 15) is 4.79 Å². The lowest BCUT2D eigenvalue weighted by Crippen LogP contribution is -2.48. The van der Waals surface area contributed by atoms with E-state index in [0.29, 0.717) is 6.54 Å². The highest BCUT2D eigenvalue weighted by molar-refractivity contribution is 6.02. The van der Waals surface area contributed by atoms with E-state index in [1.807, 2.05) is 60.5 Å². The van der Waals surface area contributed by atoms with E-state index in [0.717, 1.165) is 58.6 Å². The molecular weight excluding hydrogens is 396 g/mol. The number of pyridine rings is 1. The zero-order valence-electron chi connectivity index (χ0n) is 18.2. The number of aromatic nitrogens is 1. The molecule has 32 heavy (non-hydrogen) atoms. The molecule has 3 heterocycles. The van der Waals surface area contributed by atoms with Crippen LogP contribution in [0.4, 0.5) is 0 Å². The topological polar surface area (TPSA) is 48.8 Å². The van der Waals surface area contributed by atoms with Crippen LogP contribution < -0.4 is 0 Å². The molecule has 0 N–H and O–H groups in total. The predicted molar refractivity (Wildman–Crippen MR) is 129 cm³/mol. The smallest absolute Gasteiger partial charge is 0.206 e. The van der Waals surface area contributed by atoms with Crippen molar-refractivity contribution < 1.29 is 4.79 Å². The molecule has 2 aliphatic rings. The van der Waals surface area contributed by atoms with Gasteiger partial charge in [0, 0.05) is 55.3 Å². The van der Waals surface area contributed by atoms with Gasteiger partial charge in [0.15, 0.2) is 5.78 Å². The fourth-order valence-electron chi connectivity index (χ4n) is 4.50. The molecule has 0 aliphatic carbocycles. The van der Waals surface area contributed by atoms with E-state index in [1.165, 1.54) is 0 Å². The lowest BCUT2D eigenvalue weighted by molar-refractivity contribution is 0.0862. The highest BCUT2D eigenvalue weighted by Gasteiger charge is 2.31. The number of nitrogens with zero attached hydrogens (tertiary/aromatic N) is 4. The number of carbonyl (C=O) groups excluding carboxylic acids is 1. The summed E-state index contributed by atoms with van der Waals surface area (Å²) in [6, 6.07) is 18.1. The van der Waals surface area contributed by atoms with Crippen molar-refractivity contribution >= 4 is 28.2 Å². The van der Waals surface area contributed by atoms with E-state index in [2.05, 4.69) is 28.6 Å². The Morgan fingerprint density at radius 2 is 1.84 bits per heavy atom. The van der Waals surface area contributed by atoms with Crippen molar-refractivity contribution in [3.05, 3.63) is 96.5 Å². The summed E-state index contributed by atoms with van der Waals surface area (Å²) in [4.78, 5) is 26.7. The first-order valence-electron chi connectivity index (χ1n) is 11.0. The van der Waals surface area contributed by atoms with Crippen molar-refractivity contribution in [1.29, 1.82) is 0 Å². The summed E-state index contributed by atoms with van der Waals surface area (Å²) in [5, 5.41) is 2.26. The lowest BCUT2D eigenvalue weighted by Gasteiger charge is -2.39. The molecule has 2 aromatic carbocycles. The quantitative estimate of drug-likeness (QED) is 0.558. The Labute approximate surface area is 188 Å². The number of hydrogen-bond donors (Lipinski definition) is 0. The Morgan fingerprint density at radius 3 is 2.66 bits per heavy atom. The first-order valence-corrected chi connectivity index (χ1v) is 11.0. The molecule has 0 radical (unpaired) electrons. The van der Waals surface area contributed by atoms with Gasteiger partial charge in [-0.05, 0) is 47.9 Å². The normalized spacial score (nSPS) is 19.0. The van der Waals surface area contributed by atoms with Crippen LogP contribution in [0, 0.1) is 5.92 Å². The van der Waals surface area contributed by atoms with Gasteiger partial charge in [-0.2, -0.15) is 0 Å². The standard InChI is InChI=1S/C27H26N4O/c1-19-16-25(21-11-13-28-14-12-21)29-27(30(19)2)31-15-5-8-24(18-31)26(32)23-10-9-20-6-3-4-7-22(20)17-23/h3-4,6-7,9-14,16-17,24H,1,5,8,15,18H2,2H3. The van der Waals surface area contributed by atoms with Crippen LogP contribution >= 0.6 is 0 Å². The van der Waals surface area contributed by atoms with Crippen LogP contribution in [0.5, 0.6) is 0 Å². The van der Waals surface area contributed by atoms with E-state index >= 15 is 0 Å². The highest BCUT2D eigenvalue weighted by atomic mass is 16.1. The van der Waals surface area contributed by atoms with Gasteiger partial charge in [-0.1, -0.05) is 43.0 Å². The summed E-state index contributed by atoms with van der Waals surface area (Å²) >= 11 is 0. The number of ketones is 1. The van der Waals surface area contributed by atoms with Gasteiger partial charge in [-0.25, -0.2) is 4.99 Å². The summed E-state index contributed by atoms with van der Waals surface area (Å²) < 4.78 is 0. The van der Waals surface area contributed by atoms with Crippen LogP contribution in [-0.2, 0) is 0 Å². The highest BCUT2D eigenvalue weighted by Crippen LogP contribution is 2.28. The molecule has 5 heteroatoms. The number of benzene rings is 2. The van der Waals surface area contributed by atoms with Crippen LogP contribution in [-0.4, -0.2) is 46.7 Å². The third kappa shape index (κ3) is 3.82. The maximum absolute atomic E-state index is 13.4. The van der Waals surface area contributed by atoms with Crippen LogP contribution in [0.2, 0.25) is 0 Å². The van der Waals surface area contributed by atoms with Crippen molar-refractivity contribution in [2.75, 3.05) is 20.1 Å². The molecule has 0 bridgehead atoms. The molecule has 0 amide bonds. The van der Waals surface area contributed by atoms with Crippen LogP contribution in [0.15, 0.2) is 90.3 Å². The average Bonchev–Trinajstić information content (AvgIpc) is 2.85. The van der Waals surface area contributed by atoms with Gasteiger partial charge >= 0.3 is 0 Å². The van der Waals surface area contributed by atoms with Crippen LogP contribution in [0.1, 0.15) is 28.8 Å². The number of likely N-dealkylation sites (tertiary alicyclic amines) is 1. The molecule has 1 saturated heterocycles. The van der Waals surface area contributed by atoms with Crippen LogP contribution in [0.25, 0.3) is 16.5 Å². The second-order valence-electron chi connectivity index (χ2n) is 8.44. The second kappa shape index (κ2) is 8.42. The fraction of sp³-hybridized carbons (Fsp3) is 0.222. The van der Waals surface area contributed by atoms with Crippen molar-refractivity contribution in [2.45, 2.75) is 12.8 Å². The number of piperidine rings is 1. The van der Waals surface area contributed by atoms with Gasteiger partial charge in [0.1, 0.15) is 0 Å². The number of Topliss-reactive ketones (excluding diaryl/α,β-unsaturated/α-hetero) is 1. The molecule has 5 rings (SSSR count). The number of aliphatic imine (C=N–C) groups is 1. The molecule has 3 aromatic rings. The first kappa shape index (κ1) is 20.2. The number of hydrogen-bond acceptors (Lipinski definition) is 5. The summed E-state index contributed by atoms with van der Waals surface area (Å²) in [5.74, 6) is 1.01. The predicted octanol–water partition coefficient (Wildman–Crippen LogP) is 4.99. The van der Waals surface area contributed by atoms with Gasteiger partial charge in [-0.15, -0.1) is 0 Å². The Kier molecular flexibility index (Phi) is 5.31. The molecule has 0 saturated carbocycles. The Morgan fingerprint density at radius 1 is 1.06 bits per heavy atom. The zero-order valence-corrected chi connectivity index (χ0v) is 18.2. The monoisotopic (exact) mass is 422 g/mol. The maximum atomic E-state index is 13.4. The molecule has 2 aliphatic heterocycles. The average molecular weight is 423 g/mol. The number of carbonyl (C=O) groups is 1. The molecular formula is C27H26N4O. The number of fused-ring (bicyclic) bond motifs is 1. The minimum absolute atomic E-state index is 0.0513. The third-order valence-electron chi connectivity index (χ3n) is 6.34. The summed E-state index contributed by atoms with van der Waals surface area (Å²) in [5.41, 5.74) is 3.54. The summed E-state index contributed by atoms with van der Waals surface area (Å²) in [7, 11) is 1.98. The zero-order chi connectivity index (χ0) is 22.1. The van der Waals surface area contributed by atoms with Crippen molar-refractivity contribution in [2.24, 2.45) is 10.9 Å². The van der Waals surface area contributed by atoms with E-state index in [1.54, 1.807) is 12.4 Å². The maximum Gasteiger partial charge on any atom is 0.206 e. The first-order chi connectivity index (χ1) is 15.6. The minimum Gasteiger partial charge on any atom is -0.342 e. The summed E-state index contributed by atoms with van der Waals surface area (Å²) in [6.45, 7) is 5.74. The van der Waals surface area contributed by atoms with Crippen molar-refractivity contribution in [3.8, 4) is 0 Å². The van der Waals surface area contributed by atoms with Gasteiger partial charge in [0.05, 0.1) is 5.70 Å². The van der Waals surface area contributed by atoms with Crippen molar-refractivity contribution in [1.82, 2.24) is 14.8 Å². The molecule has 1 fully saturated rings. The molecule has 1 atom stereocenters. The molecule has 160 valence electrons. The number of rotatable bonds is 3. The van der Waals surface area contributed by atoms with E-state index < -0.39 is 0 Å². The van der Waals surface area contributed by atoms with Crippen molar-refractivity contribution in [3.63, 3.8) is 0 Å². The largest absolute Gasteiger partial charge is 0.342 e. The Bertz CT molecular complexity index is 1240. The molecule has 1 aromatic heterocycles. The third-order valence-corrected chi connectivity index (χ3v) is 6.34. The van der Waals surface area contributed by atoms with Gasteiger partial charge in [0.25, 0.3) is 0 Å².